The molecule has 2 aromatic rings. The number of halogens is 4. The smallest absolute Gasteiger partial charge is 0.165 e. The van der Waals surface area contributed by atoms with Crippen LogP contribution in [0.15, 0.2) is 34.8 Å². The molecular formula is C13H9BrCl2FNO. The molecule has 0 bridgehead atoms. The average molecular weight is 365 g/mol. The van der Waals surface area contributed by atoms with E-state index in [-0.39, 0.29) is 5.75 Å². The van der Waals surface area contributed by atoms with Gasteiger partial charge in [-0.1, -0.05) is 29.3 Å². The van der Waals surface area contributed by atoms with Crippen molar-refractivity contribution >= 4 is 44.8 Å². The van der Waals surface area contributed by atoms with Gasteiger partial charge >= 0.3 is 0 Å². The van der Waals surface area contributed by atoms with E-state index in [1.54, 1.807) is 18.2 Å². The SMILES string of the molecule is Oc1ccc(CNc2ccc(Br)c(Cl)c2Cl)cc1F. The van der Waals surface area contributed by atoms with Crippen LogP contribution in [0.1, 0.15) is 5.56 Å². The maximum atomic E-state index is 13.2. The zero-order chi connectivity index (χ0) is 14.0. The van der Waals surface area contributed by atoms with Crippen molar-refractivity contribution < 1.29 is 9.50 Å². The molecule has 0 spiro atoms. The van der Waals surface area contributed by atoms with Crippen molar-refractivity contribution in [1.82, 2.24) is 0 Å². The predicted octanol–water partition coefficient (Wildman–Crippen LogP) is 5.21. The maximum Gasteiger partial charge on any atom is 0.165 e. The fraction of sp³-hybridized carbons (Fsp3) is 0.0769. The molecule has 0 saturated heterocycles. The van der Waals surface area contributed by atoms with Gasteiger partial charge in [-0.15, -0.1) is 0 Å². The lowest BCUT2D eigenvalue weighted by Crippen LogP contribution is -2.00. The number of hydrogen-bond acceptors (Lipinski definition) is 2. The van der Waals surface area contributed by atoms with Crippen LogP contribution in [-0.2, 0) is 6.54 Å². The van der Waals surface area contributed by atoms with Crippen LogP contribution in [0.2, 0.25) is 10.0 Å². The van der Waals surface area contributed by atoms with Crippen LogP contribution >= 0.6 is 39.1 Å². The van der Waals surface area contributed by atoms with Gasteiger partial charge in [0.05, 0.1) is 15.7 Å². The van der Waals surface area contributed by atoms with E-state index in [1.807, 2.05) is 0 Å². The molecule has 0 aromatic heterocycles. The second kappa shape index (κ2) is 5.99. The standard InChI is InChI=1S/C13H9BrCl2FNO/c14-8-2-3-10(13(16)12(8)15)18-6-7-1-4-11(19)9(17)5-7/h1-5,18-19H,6H2. The van der Waals surface area contributed by atoms with Crippen LogP contribution in [0.3, 0.4) is 0 Å². The molecule has 0 unspecified atom stereocenters. The van der Waals surface area contributed by atoms with Gasteiger partial charge in [0.25, 0.3) is 0 Å². The molecule has 2 rings (SSSR count). The third-order valence-electron chi connectivity index (χ3n) is 2.53. The summed E-state index contributed by atoms with van der Waals surface area (Å²) in [7, 11) is 0. The second-order valence-corrected chi connectivity index (χ2v) is 5.47. The van der Waals surface area contributed by atoms with E-state index in [9.17, 15) is 4.39 Å². The second-order valence-electron chi connectivity index (χ2n) is 3.86. The van der Waals surface area contributed by atoms with Gasteiger partial charge < -0.3 is 10.4 Å². The molecule has 0 heterocycles. The first-order chi connectivity index (χ1) is 8.99. The molecule has 0 aliphatic rings. The quantitative estimate of drug-likeness (QED) is 0.732. The lowest BCUT2D eigenvalue weighted by molar-refractivity contribution is 0.432. The highest BCUT2D eigenvalue weighted by Gasteiger charge is 2.08. The molecule has 0 saturated carbocycles. The molecule has 19 heavy (non-hydrogen) atoms. The highest BCUT2D eigenvalue weighted by atomic mass is 79.9. The van der Waals surface area contributed by atoms with Crippen LogP contribution in [0.5, 0.6) is 5.75 Å². The van der Waals surface area contributed by atoms with Gasteiger partial charge in [0.2, 0.25) is 0 Å². The Bertz CT molecular complexity index is 622. The number of nitrogens with one attached hydrogen (secondary N) is 1. The van der Waals surface area contributed by atoms with Crippen molar-refractivity contribution in [3.63, 3.8) is 0 Å². The molecule has 0 aliphatic heterocycles. The first-order valence-corrected chi connectivity index (χ1v) is 6.88. The molecule has 0 aliphatic carbocycles. The highest BCUT2D eigenvalue weighted by molar-refractivity contribution is 9.10. The van der Waals surface area contributed by atoms with E-state index in [4.69, 9.17) is 28.3 Å². The topological polar surface area (TPSA) is 32.3 Å². The lowest BCUT2D eigenvalue weighted by Gasteiger charge is -2.10. The monoisotopic (exact) mass is 363 g/mol. The first kappa shape index (κ1) is 14.4. The minimum atomic E-state index is -0.653. The Morgan fingerprint density at radius 3 is 2.58 bits per heavy atom. The number of benzene rings is 2. The number of aromatic hydroxyl groups is 1. The van der Waals surface area contributed by atoms with Crippen LogP contribution in [0.4, 0.5) is 10.1 Å². The summed E-state index contributed by atoms with van der Waals surface area (Å²) in [5.74, 6) is -1.02. The minimum absolute atomic E-state index is 0.367. The van der Waals surface area contributed by atoms with Gasteiger partial charge in [-0.2, -0.15) is 0 Å². The Morgan fingerprint density at radius 2 is 1.89 bits per heavy atom. The zero-order valence-electron chi connectivity index (χ0n) is 9.55. The summed E-state index contributed by atoms with van der Waals surface area (Å²) in [6.45, 7) is 0.370. The number of hydrogen-bond donors (Lipinski definition) is 2. The van der Waals surface area contributed by atoms with Crippen molar-refractivity contribution in [2.45, 2.75) is 6.54 Å². The van der Waals surface area contributed by atoms with Crippen LogP contribution in [0.25, 0.3) is 0 Å². The molecule has 100 valence electrons. The maximum absolute atomic E-state index is 13.2. The molecule has 0 fully saturated rings. The summed E-state index contributed by atoms with van der Waals surface area (Å²) in [5.41, 5.74) is 1.34. The molecule has 2 nitrogen and oxygen atoms in total. The number of phenols is 1. The number of phenolic OH excluding ortho intramolecular Hbond substituents is 1. The normalized spacial score (nSPS) is 10.5. The van der Waals surface area contributed by atoms with Crippen molar-refractivity contribution in [3.05, 3.63) is 56.2 Å². The molecule has 6 heteroatoms. The van der Waals surface area contributed by atoms with Crippen molar-refractivity contribution in [1.29, 1.82) is 0 Å². The predicted molar refractivity (Wildman–Crippen MR) is 79.6 cm³/mol. The minimum Gasteiger partial charge on any atom is -0.505 e. The fourth-order valence-corrected chi connectivity index (χ4v) is 2.36. The summed E-state index contributed by atoms with van der Waals surface area (Å²) in [5, 5.41) is 13.0. The molecule has 2 N–H and O–H groups in total. The van der Waals surface area contributed by atoms with Crippen LogP contribution in [-0.4, -0.2) is 5.11 Å². The fourth-order valence-electron chi connectivity index (χ4n) is 1.52. The number of anilines is 1. The summed E-state index contributed by atoms with van der Waals surface area (Å²) in [4.78, 5) is 0. The van der Waals surface area contributed by atoms with Crippen molar-refractivity contribution in [3.8, 4) is 5.75 Å². The summed E-state index contributed by atoms with van der Waals surface area (Å²) < 4.78 is 13.9. The van der Waals surface area contributed by atoms with Gasteiger partial charge in [0, 0.05) is 11.0 Å². The molecule has 0 atom stereocenters. The number of rotatable bonds is 3. The molecule has 2 aromatic carbocycles. The van der Waals surface area contributed by atoms with Gasteiger partial charge in [-0.3, -0.25) is 0 Å². The third kappa shape index (κ3) is 3.32. The lowest BCUT2D eigenvalue weighted by atomic mass is 10.2. The Balaban J connectivity index is 2.14. The Morgan fingerprint density at radius 1 is 1.16 bits per heavy atom. The molecular weight excluding hydrogens is 356 g/mol. The van der Waals surface area contributed by atoms with E-state index >= 15 is 0 Å². The Kier molecular flexibility index (Phi) is 4.55. The van der Waals surface area contributed by atoms with Crippen molar-refractivity contribution in [2.75, 3.05) is 5.32 Å². The molecule has 0 amide bonds. The van der Waals surface area contributed by atoms with Crippen LogP contribution in [0, 0.1) is 5.82 Å². The van der Waals surface area contributed by atoms with E-state index in [0.717, 1.165) is 0 Å². The Hall–Kier alpha value is -0.970. The van der Waals surface area contributed by atoms with Gasteiger partial charge in [-0.25, -0.2) is 4.39 Å². The van der Waals surface area contributed by atoms with E-state index in [1.165, 1.54) is 12.1 Å². The van der Waals surface area contributed by atoms with Gasteiger partial charge in [0.1, 0.15) is 0 Å². The first-order valence-electron chi connectivity index (χ1n) is 5.34. The van der Waals surface area contributed by atoms with Gasteiger partial charge in [-0.05, 0) is 45.8 Å². The van der Waals surface area contributed by atoms with E-state index in [0.29, 0.717) is 32.3 Å². The summed E-state index contributed by atoms with van der Waals surface area (Å²) in [6.07, 6.45) is 0. The summed E-state index contributed by atoms with van der Waals surface area (Å²) in [6, 6.07) is 7.74. The van der Waals surface area contributed by atoms with Crippen molar-refractivity contribution in [2.24, 2.45) is 0 Å². The Labute approximate surface area is 128 Å². The van der Waals surface area contributed by atoms with Gasteiger partial charge in [0.15, 0.2) is 11.6 Å². The zero-order valence-corrected chi connectivity index (χ0v) is 12.7. The largest absolute Gasteiger partial charge is 0.505 e. The molecule has 0 radical (unpaired) electrons. The highest BCUT2D eigenvalue weighted by Crippen LogP contribution is 2.36. The average Bonchev–Trinajstić information content (AvgIpc) is 2.39. The van der Waals surface area contributed by atoms with E-state index < -0.39 is 5.82 Å². The summed E-state index contributed by atoms with van der Waals surface area (Å²) >= 11 is 15.4. The third-order valence-corrected chi connectivity index (χ3v) is 4.30. The van der Waals surface area contributed by atoms with Crippen LogP contribution < -0.4 is 5.32 Å². The van der Waals surface area contributed by atoms with E-state index in [2.05, 4.69) is 21.2 Å².